The van der Waals surface area contributed by atoms with E-state index in [-0.39, 0.29) is 5.91 Å². The molecule has 6 heteroatoms. The molecule has 1 aromatic carbocycles. The molecule has 6 nitrogen and oxygen atoms in total. The quantitative estimate of drug-likeness (QED) is 0.800. The maximum absolute atomic E-state index is 11.7. The van der Waals surface area contributed by atoms with E-state index in [4.69, 9.17) is 0 Å². The van der Waals surface area contributed by atoms with Gasteiger partial charge in [0.1, 0.15) is 5.69 Å². The van der Waals surface area contributed by atoms with E-state index in [1.54, 1.807) is 12.3 Å². The summed E-state index contributed by atoms with van der Waals surface area (Å²) >= 11 is 0. The molecule has 3 rings (SSSR count). The van der Waals surface area contributed by atoms with E-state index < -0.39 is 0 Å². The third-order valence-electron chi connectivity index (χ3n) is 3.09. The van der Waals surface area contributed by atoms with Gasteiger partial charge in [-0.2, -0.15) is 9.67 Å². The summed E-state index contributed by atoms with van der Waals surface area (Å²) in [6.07, 6.45) is 1.67. The molecule has 22 heavy (non-hydrogen) atoms. The minimum Gasteiger partial charge on any atom is -0.350 e. The Morgan fingerprint density at radius 2 is 1.91 bits per heavy atom. The van der Waals surface area contributed by atoms with Gasteiger partial charge in [0.15, 0.2) is 0 Å². The van der Waals surface area contributed by atoms with Gasteiger partial charge in [-0.1, -0.05) is 36.4 Å². The molecule has 0 fully saturated rings. The van der Waals surface area contributed by atoms with E-state index in [1.807, 2.05) is 42.5 Å². The Labute approximate surface area is 127 Å². The Bertz CT molecular complexity index is 768. The van der Waals surface area contributed by atoms with Crippen LogP contribution in [-0.2, 0) is 6.54 Å². The van der Waals surface area contributed by atoms with Crippen LogP contribution in [0.5, 0.6) is 0 Å². The highest BCUT2D eigenvalue weighted by Gasteiger charge is 2.14. The van der Waals surface area contributed by atoms with Crippen molar-refractivity contribution in [3.63, 3.8) is 0 Å². The number of benzene rings is 1. The highest BCUT2D eigenvalue weighted by Crippen LogP contribution is 2.15. The minimum absolute atomic E-state index is 0.203. The normalized spacial score (nSPS) is 10.4. The SMILES string of the molecule is CC(=O)n1nc(-c2ccccn2)nc1NCc1ccccc1. The first-order valence-electron chi connectivity index (χ1n) is 6.91. The van der Waals surface area contributed by atoms with Gasteiger partial charge in [0.2, 0.25) is 17.7 Å². The number of rotatable bonds is 4. The van der Waals surface area contributed by atoms with Crippen LogP contribution in [0.4, 0.5) is 5.95 Å². The number of anilines is 1. The van der Waals surface area contributed by atoms with Crippen LogP contribution in [0.25, 0.3) is 11.5 Å². The molecule has 0 unspecified atom stereocenters. The molecule has 0 aliphatic carbocycles. The largest absolute Gasteiger partial charge is 0.350 e. The first kappa shape index (κ1) is 13.9. The third kappa shape index (κ3) is 3.01. The molecule has 0 bridgehead atoms. The van der Waals surface area contributed by atoms with Crippen LogP contribution in [0.15, 0.2) is 54.7 Å². The lowest BCUT2D eigenvalue weighted by molar-refractivity contribution is 0.0924. The Hall–Kier alpha value is -3.02. The number of carbonyl (C=O) groups is 1. The van der Waals surface area contributed by atoms with Gasteiger partial charge in [-0.05, 0) is 17.7 Å². The fraction of sp³-hybridized carbons (Fsp3) is 0.125. The van der Waals surface area contributed by atoms with Crippen molar-refractivity contribution in [1.29, 1.82) is 0 Å². The maximum Gasteiger partial charge on any atom is 0.246 e. The Morgan fingerprint density at radius 1 is 1.14 bits per heavy atom. The van der Waals surface area contributed by atoms with Crippen LogP contribution >= 0.6 is 0 Å². The van der Waals surface area contributed by atoms with Gasteiger partial charge in [-0.3, -0.25) is 9.78 Å². The van der Waals surface area contributed by atoms with Crippen LogP contribution in [0.2, 0.25) is 0 Å². The van der Waals surface area contributed by atoms with Crippen molar-refractivity contribution in [2.75, 3.05) is 5.32 Å². The van der Waals surface area contributed by atoms with Crippen molar-refractivity contribution in [2.45, 2.75) is 13.5 Å². The van der Waals surface area contributed by atoms with E-state index in [0.29, 0.717) is 24.0 Å². The fourth-order valence-corrected chi connectivity index (χ4v) is 2.03. The average molecular weight is 293 g/mol. The Balaban J connectivity index is 1.86. The molecule has 0 aliphatic rings. The van der Waals surface area contributed by atoms with Crippen LogP contribution < -0.4 is 5.32 Å². The summed E-state index contributed by atoms with van der Waals surface area (Å²) in [6.45, 7) is 2.01. The zero-order valence-corrected chi connectivity index (χ0v) is 12.1. The third-order valence-corrected chi connectivity index (χ3v) is 3.09. The summed E-state index contributed by atoms with van der Waals surface area (Å²) in [5, 5.41) is 7.37. The molecule has 0 saturated heterocycles. The first-order chi connectivity index (χ1) is 10.7. The summed E-state index contributed by atoms with van der Waals surface area (Å²) < 4.78 is 1.26. The number of hydrogen-bond donors (Lipinski definition) is 1. The fourth-order valence-electron chi connectivity index (χ4n) is 2.03. The van der Waals surface area contributed by atoms with Gasteiger partial charge in [0.05, 0.1) is 0 Å². The molecule has 0 radical (unpaired) electrons. The molecule has 0 amide bonds. The molecule has 3 aromatic rings. The lowest BCUT2D eigenvalue weighted by Gasteiger charge is -2.05. The van der Waals surface area contributed by atoms with Gasteiger partial charge in [-0.25, -0.2) is 0 Å². The molecule has 0 atom stereocenters. The molecule has 0 aliphatic heterocycles. The first-order valence-corrected chi connectivity index (χ1v) is 6.91. The summed E-state index contributed by atoms with van der Waals surface area (Å²) in [7, 11) is 0. The molecule has 0 spiro atoms. The smallest absolute Gasteiger partial charge is 0.246 e. The number of carbonyl (C=O) groups excluding carboxylic acids is 1. The van der Waals surface area contributed by atoms with Crippen molar-refractivity contribution >= 4 is 11.9 Å². The van der Waals surface area contributed by atoms with Gasteiger partial charge in [0, 0.05) is 19.7 Å². The summed E-state index contributed by atoms with van der Waals surface area (Å²) in [6, 6.07) is 15.4. The van der Waals surface area contributed by atoms with E-state index >= 15 is 0 Å². The average Bonchev–Trinajstić information content (AvgIpc) is 2.99. The molecule has 2 heterocycles. The van der Waals surface area contributed by atoms with Gasteiger partial charge >= 0.3 is 0 Å². The predicted molar refractivity (Wildman–Crippen MR) is 83.3 cm³/mol. The zero-order chi connectivity index (χ0) is 15.4. The number of aromatic nitrogens is 4. The molecule has 2 aromatic heterocycles. The minimum atomic E-state index is -0.203. The number of pyridine rings is 1. The van der Waals surface area contributed by atoms with Crippen molar-refractivity contribution in [1.82, 2.24) is 19.7 Å². The van der Waals surface area contributed by atoms with Gasteiger partial charge in [-0.15, -0.1) is 5.10 Å². The number of nitrogens with zero attached hydrogens (tertiary/aromatic N) is 4. The lowest BCUT2D eigenvalue weighted by Crippen LogP contribution is -2.13. The van der Waals surface area contributed by atoms with Crippen molar-refractivity contribution in [3.05, 3.63) is 60.3 Å². The van der Waals surface area contributed by atoms with Crippen molar-refractivity contribution in [3.8, 4) is 11.5 Å². The molecular weight excluding hydrogens is 278 g/mol. The van der Waals surface area contributed by atoms with Crippen LogP contribution in [0.1, 0.15) is 17.3 Å². The van der Waals surface area contributed by atoms with E-state index in [9.17, 15) is 4.79 Å². The van der Waals surface area contributed by atoms with Crippen LogP contribution in [0.3, 0.4) is 0 Å². The van der Waals surface area contributed by atoms with E-state index in [1.165, 1.54) is 11.6 Å². The predicted octanol–water partition coefficient (Wildman–Crippen LogP) is 2.61. The topological polar surface area (TPSA) is 72.7 Å². The highest BCUT2D eigenvalue weighted by atomic mass is 16.2. The van der Waals surface area contributed by atoms with Gasteiger partial charge < -0.3 is 5.32 Å². The standard InChI is InChI=1S/C16H15N5O/c1-12(22)21-16(18-11-13-7-3-2-4-8-13)19-15(20-21)14-9-5-6-10-17-14/h2-10H,11H2,1H3,(H,18,19,20). The Morgan fingerprint density at radius 3 is 2.59 bits per heavy atom. The second-order valence-corrected chi connectivity index (χ2v) is 4.74. The van der Waals surface area contributed by atoms with E-state index in [2.05, 4.69) is 20.4 Å². The number of nitrogens with one attached hydrogen (secondary N) is 1. The van der Waals surface area contributed by atoms with Crippen molar-refractivity contribution < 1.29 is 4.79 Å². The lowest BCUT2D eigenvalue weighted by atomic mass is 10.2. The van der Waals surface area contributed by atoms with Gasteiger partial charge in [0.25, 0.3) is 0 Å². The second kappa shape index (κ2) is 6.17. The maximum atomic E-state index is 11.7. The summed E-state index contributed by atoms with van der Waals surface area (Å²) in [4.78, 5) is 20.3. The molecular formula is C16H15N5O. The Kier molecular flexibility index (Phi) is 3.91. The summed E-state index contributed by atoms with van der Waals surface area (Å²) in [5.41, 5.74) is 1.73. The van der Waals surface area contributed by atoms with Crippen LogP contribution in [-0.4, -0.2) is 25.7 Å². The monoisotopic (exact) mass is 293 g/mol. The zero-order valence-electron chi connectivity index (χ0n) is 12.1. The van der Waals surface area contributed by atoms with Crippen LogP contribution in [0, 0.1) is 0 Å². The second-order valence-electron chi connectivity index (χ2n) is 4.74. The number of hydrogen-bond acceptors (Lipinski definition) is 5. The van der Waals surface area contributed by atoms with E-state index in [0.717, 1.165) is 5.56 Å². The molecule has 1 N–H and O–H groups in total. The summed E-state index contributed by atoms with van der Waals surface area (Å²) in [5.74, 6) is 0.633. The molecule has 0 saturated carbocycles. The molecule has 110 valence electrons. The highest BCUT2D eigenvalue weighted by molar-refractivity contribution is 5.78. The van der Waals surface area contributed by atoms with Crippen molar-refractivity contribution in [2.24, 2.45) is 0 Å².